The molecule has 0 bridgehead atoms. The van der Waals surface area contributed by atoms with Crippen LogP contribution in [0.15, 0.2) is 0 Å². The van der Waals surface area contributed by atoms with Gasteiger partial charge in [0.25, 0.3) is 0 Å². The van der Waals surface area contributed by atoms with E-state index in [1.807, 2.05) is 6.42 Å². The minimum atomic E-state index is 0.250. The summed E-state index contributed by atoms with van der Waals surface area (Å²) in [6.07, 6.45) is 3.12. The molecule has 7 heavy (non-hydrogen) atoms. The second kappa shape index (κ2) is 2.28. The van der Waals surface area contributed by atoms with Crippen LogP contribution in [-0.2, 0) is 4.74 Å². The second-order valence-electron chi connectivity index (χ2n) is 1.62. The van der Waals surface area contributed by atoms with E-state index in [9.17, 15) is 0 Å². The summed E-state index contributed by atoms with van der Waals surface area (Å²) in [4.78, 5) is 0. The van der Waals surface area contributed by atoms with E-state index in [1.165, 1.54) is 0 Å². The summed E-state index contributed by atoms with van der Waals surface area (Å²) in [6, 6.07) is 0. The van der Waals surface area contributed by atoms with Crippen molar-refractivity contribution >= 4 is 0 Å². The maximum absolute atomic E-state index is 8.26. The Morgan fingerprint density at radius 2 is 2.57 bits per heavy atom. The van der Waals surface area contributed by atoms with E-state index < -0.39 is 0 Å². The molecule has 0 aromatic carbocycles. The number of ether oxygens (including phenoxy) is 1. The van der Waals surface area contributed by atoms with Crippen molar-refractivity contribution in [1.82, 2.24) is 0 Å². The molecule has 1 N–H and O–H groups in total. The molecule has 1 radical (unpaired) electrons. The molecule has 1 atom stereocenters. The van der Waals surface area contributed by atoms with E-state index >= 15 is 0 Å². The summed E-state index contributed by atoms with van der Waals surface area (Å²) in [5.74, 6) is 0. The highest BCUT2D eigenvalue weighted by Gasteiger charge is 2.20. The van der Waals surface area contributed by atoms with Crippen molar-refractivity contribution in [3.8, 4) is 0 Å². The molecule has 1 aliphatic rings. The largest absolute Gasteiger partial charge is 0.396 e. The molecule has 2 nitrogen and oxygen atoms in total. The highest BCUT2D eigenvalue weighted by atomic mass is 16.6. The van der Waals surface area contributed by atoms with Crippen molar-refractivity contribution in [3.63, 3.8) is 0 Å². The van der Waals surface area contributed by atoms with Crippen molar-refractivity contribution in [2.75, 3.05) is 13.2 Å². The van der Waals surface area contributed by atoms with E-state index in [0.717, 1.165) is 13.0 Å². The van der Waals surface area contributed by atoms with Crippen molar-refractivity contribution in [2.45, 2.75) is 12.5 Å². The standard InChI is InChI=1S/C5H9O2/c6-3-1-2-5-4-7-5/h2,5-6H,1,3-4H2. The predicted molar refractivity (Wildman–Crippen MR) is 25.7 cm³/mol. The van der Waals surface area contributed by atoms with Crippen LogP contribution < -0.4 is 0 Å². The average Bonchev–Trinajstić information content (AvgIpc) is 2.42. The number of hydrogen-bond acceptors (Lipinski definition) is 2. The quantitative estimate of drug-likeness (QED) is 0.506. The van der Waals surface area contributed by atoms with Gasteiger partial charge in [0.15, 0.2) is 0 Å². The molecule has 1 heterocycles. The first-order chi connectivity index (χ1) is 3.43. The molecule has 1 unspecified atom stereocenters. The maximum atomic E-state index is 8.26. The zero-order valence-corrected chi connectivity index (χ0v) is 4.13. The minimum absolute atomic E-state index is 0.250. The first-order valence-corrected chi connectivity index (χ1v) is 2.49. The van der Waals surface area contributed by atoms with Crippen molar-refractivity contribution in [3.05, 3.63) is 6.42 Å². The zero-order valence-electron chi connectivity index (χ0n) is 4.13. The van der Waals surface area contributed by atoms with Crippen molar-refractivity contribution in [2.24, 2.45) is 0 Å². The number of aliphatic hydroxyl groups is 1. The van der Waals surface area contributed by atoms with E-state index in [1.54, 1.807) is 0 Å². The van der Waals surface area contributed by atoms with Crippen LogP contribution in [0.2, 0.25) is 0 Å². The smallest absolute Gasteiger partial charge is 0.0842 e. The van der Waals surface area contributed by atoms with Crippen LogP contribution in [0.25, 0.3) is 0 Å². The lowest BCUT2D eigenvalue weighted by atomic mass is 10.3. The van der Waals surface area contributed by atoms with Crippen LogP contribution in [0.3, 0.4) is 0 Å². The third kappa shape index (κ3) is 1.90. The number of epoxide rings is 1. The van der Waals surface area contributed by atoms with E-state index in [2.05, 4.69) is 0 Å². The molecule has 0 spiro atoms. The summed E-state index contributed by atoms with van der Waals surface area (Å²) >= 11 is 0. The molecule has 0 aromatic rings. The van der Waals surface area contributed by atoms with Crippen LogP contribution in [-0.4, -0.2) is 24.4 Å². The Hall–Kier alpha value is -0.0800. The Bertz CT molecular complexity index is 50.0. The van der Waals surface area contributed by atoms with Gasteiger partial charge in [-0.1, -0.05) is 0 Å². The Balaban J connectivity index is 1.80. The fourth-order valence-electron chi connectivity index (χ4n) is 0.452. The van der Waals surface area contributed by atoms with Gasteiger partial charge in [-0.15, -0.1) is 0 Å². The van der Waals surface area contributed by atoms with Gasteiger partial charge in [0.05, 0.1) is 12.7 Å². The lowest BCUT2D eigenvalue weighted by Gasteiger charge is -1.85. The van der Waals surface area contributed by atoms with Crippen LogP contribution >= 0.6 is 0 Å². The summed E-state index contributed by atoms with van der Waals surface area (Å²) in [7, 11) is 0. The van der Waals surface area contributed by atoms with Gasteiger partial charge < -0.3 is 9.84 Å². The van der Waals surface area contributed by atoms with Gasteiger partial charge in [0, 0.05) is 6.61 Å². The monoisotopic (exact) mass is 101 g/mol. The van der Waals surface area contributed by atoms with E-state index in [-0.39, 0.29) is 6.61 Å². The second-order valence-corrected chi connectivity index (χ2v) is 1.62. The molecule has 41 valence electrons. The van der Waals surface area contributed by atoms with Gasteiger partial charge in [-0.25, -0.2) is 0 Å². The predicted octanol–water partition coefficient (Wildman–Crippen LogP) is -0.0281. The number of rotatable bonds is 3. The summed E-state index contributed by atoms with van der Waals surface area (Å²) in [6.45, 7) is 1.11. The van der Waals surface area contributed by atoms with Gasteiger partial charge in [-0.3, -0.25) is 0 Å². The minimum Gasteiger partial charge on any atom is -0.396 e. The third-order valence-electron chi connectivity index (χ3n) is 0.918. The molecule has 0 aromatic heterocycles. The SMILES string of the molecule is OCC[CH]C1CO1. The molecule has 2 heteroatoms. The van der Waals surface area contributed by atoms with Crippen LogP contribution in [0, 0.1) is 6.42 Å². The first kappa shape index (κ1) is 5.06. The van der Waals surface area contributed by atoms with Crippen molar-refractivity contribution in [1.29, 1.82) is 0 Å². The maximum Gasteiger partial charge on any atom is 0.0842 e. The lowest BCUT2D eigenvalue weighted by Crippen LogP contribution is -1.89. The highest BCUT2D eigenvalue weighted by Crippen LogP contribution is 2.13. The molecule has 1 saturated heterocycles. The van der Waals surface area contributed by atoms with Gasteiger partial charge in [0.2, 0.25) is 0 Å². The van der Waals surface area contributed by atoms with E-state index in [4.69, 9.17) is 9.84 Å². The van der Waals surface area contributed by atoms with Crippen LogP contribution in [0.1, 0.15) is 6.42 Å². The fourth-order valence-corrected chi connectivity index (χ4v) is 0.452. The highest BCUT2D eigenvalue weighted by molar-refractivity contribution is 4.84. The van der Waals surface area contributed by atoms with Gasteiger partial charge >= 0.3 is 0 Å². The molecular weight excluding hydrogens is 92.1 g/mol. The molecule has 1 fully saturated rings. The molecular formula is C5H9O2. The summed E-state index contributed by atoms with van der Waals surface area (Å²) in [5.41, 5.74) is 0. The van der Waals surface area contributed by atoms with E-state index in [0.29, 0.717) is 6.10 Å². The normalized spacial score (nSPS) is 27.9. The molecule has 1 aliphatic heterocycles. The Morgan fingerprint density at radius 3 is 3.00 bits per heavy atom. The summed E-state index contributed by atoms with van der Waals surface area (Å²) < 4.78 is 4.84. The van der Waals surface area contributed by atoms with Gasteiger partial charge in [-0.05, 0) is 12.8 Å². The average molecular weight is 101 g/mol. The van der Waals surface area contributed by atoms with Crippen LogP contribution in [0.5, 0.6) is 0 Å². The fraction of sp³-hybridized carbons (Fsp3) is 0.800. The van der Waals surface area contributed by atoms with Gasteiger partial charge in [-0.2, -0.15) is 0 Å². The Morgan fingerprint density at radius 1 is 1.86 bits per heavy atom. The molecule has 0 amide bonds. The lowest BCUT2D eigenvalue weighted by molar-refractivity contribution is 0.293. The van der Waals surface area contributed by atoms with Crippen molar-refractivity contribution < 1.29 is 9.84 Å². The number of hydrogen-bond donors (Lipinski definition) is 1. The number of aliphatic hydroxyl groups excluding tert-OH is 1. The molecule has 0 saturated carbocycles. The third-order valence-corrected chi connectivity index (χ3v) is 0.918. The first-order valence-electron chi connectivity index (χ1n) is 2.49. The van der Waals surface area contributed by atoms with Gasteiger partial charge in [0.1, 0.15) is 0 Å². The molecule has 1 rings (SSSR count). The van der Waals surface area contributed by atoms with Crippen LogP contribution in [0.4, 0.5) is 0 Å². The Labute approximate surface area is 43.1 Å². The Kier molecular flexibility index (Phi) is 1.65. The molecule has 0 aliphatic carbocycles. The summed E-state index contributed by atoms with van der Waals surface area (Å²) in [5, 5.41) is 8.26. The topological polar surface area (TPSA) is 32.8 Å². The zero-order chi connectivity index (χ0) is 5.11.